The van der Waals surface area contributed by atoms with Gasteiger partial charge in [-0.25, -0.2) is 0 Å². The van der Waals surface area contributed by atoms with E-state index in [-0.39, 0.29) is 25.2 Å². The zero-order chi connectivity index (χ0) is 49.2. The molecule has 1 atom stereocenters. The van der Waals surface area contributed by atoms with Gasteiger partial charge in [0.05, 0.1) is 6.61 Å². The van der Waals surface area contributed by atoms with Crippen molar-refractivity contribution >= 4 is 11.9 Å². The summed E-state index contributed by atoms with van der Waals surface area (Å²) in [5, 5.41) is 9.66. The number of esters is 2. The second kappa shape index (κ2) is 59.2. The molecule has 1 unspecified atom stereocenters. The molecule has 68 heavy (non-hydrogen) atoms. The second-order valence-corrected chi connectivity index (χ2v) is 20.4. The van der Waals surface area contributed by atoms with Gasteiger partial charge in [0.15, 0.2) is 6.10 Å². The zero-order valence-corrected chi connectivity index (χ0v) is 45.6. The van der Waals surface area contributed by atoms with Crippen LogP contribution in [0.4, 0.5) is 0 Å². The number of hydrogen-bond acceptors (Lipinski definition) is 5. The van der Waals surface area contributed by atoms with E-state index in [4.69, 9.17) is 9.47 Å². The average molecular weight is 954 g/mol. The van der Waals surface area contributed by atoms with Crippen LogP contribution in [0.1, 0.15) is 322 Å². The maximum absolute atomic E-state index is 12.3. The molecule has 1 N–H and O–H groups in total. The molecule has 0 rings (SSSR count). The molecule has 398 valence electrons. The fourth-order valence-corrected chi connectivity index (χ4v) is 9.03. The van der Waals surface area contributed by atoms with E-state index in [0.29, 0.717) is 12.8 Å². The van der Waals surface area contributed by atoms with Crippen LogP contribution in [0.3, 0.4) is 0 Å². The lowest BCUT2D eigenvalue weighted by atomic mass is 10.0. The first-order chi connectivity index (χ1) is 33.6. The molecule has 0 aromatic heterocycles. The molecule has 0 aliphatic heterocycles. The lowest BCUT2D eigenvalue weighted by Gasteiger charge is -2.15. The standard InChI is InChI=1S/C63H116O5/c1-3-5-7-9-11-13-15-17-19-21-23-25-27-28-29-30-31-32-33-34-36-37-39-41-43-45-47-49-51-53-55-57-62(65)67-60-61(59-64)68-63(66)58-56-54-52-50-48-46-44-42-40-38-35-26-24-22-20-18-16-14-12-10-8-6-4-2/h16,18,21-24,35,38,61,64H,3-15,17,19-20,25-34,36-37,39-60H2,1-2H3/b18-16-,23-21-,24-22-,38-35-. The van der Waals surface area contributed by atoms with Crippen molar-refractivity contribution in [2.75, 3.05) is 13.2 Å². The fraction of sp³-hybridized carbons (Fsp3) is 0.841. The van der Waals surface area contributed by atoms with Crippen molar-refractivity contribution in [2.24, 2.45) is 0 Å². The molecular formula is C63H116O5. The first kappa shape index (κ1) is 65.9. The number of ether oxygens (including phenoxy) is 2. The zero-order valence-electron chi connectivity index (χ0n) is 45.6. The highest BCUT2D eigenvalue weighted by atomic mass is 16.6. The van der Waals surface area contributed by atoms with E-state index in [9.17, 15) is 14.7 Å². The van der Waals surface area contributed by atoms with Gasteiger partial charge in [0.2, 0.25) is 0 Å². The van der Waals surface area contributed by atoms with Crippen LogP contribution in [0.2, 0.25) is 0 Å². The lowest BCUT2D eigenvalue weighted by molar-refractivity contribution is -0.161. The summed E-state index contributed by atoms with van der Waals surface area (Å²) in [5.41, 5.74) is 0. The molecular weight excluding hydrogens is 837 g/mol. The van der Waals surface area contributed by atoms with Gasteiger partial charge in [0.1, 0.15) is 6.61 Å². The van der Waals surface area contributed by atoms with Crippen molar-refractivity contribution in [3.63, 3.8) is 0 Å². The van der Waals surface area contributed by atoms with Crippen molar-refractivity contribution in [1.29, 1.82) is 0 Å². The minimum absolute atomic E-state index is 0.0663. The Hall–Kier alpha value is -2.14. The van der Waals surface area contributed by atoms with Gasteiger partial charge in [-0.2, -0.15) is 0 Å². The summed E-state index contributed by atoms with van der Waals surface area (Å²) in [6.45, 7) is 4.16. The van der Waals surface area contributed by atoms with Gasteiger partial charge < -0.3 is 14.6 Å². The van der Waals surface area contributed by atoms with Gasteiger partial charge in [-0.1, -0.05) is 281 Å². The van der Waals surface area contributed by atoms with Gasteiger partial charge in [-0.15, -0.1) is 0 Å². The molecule has 5 heteroatoms. The van der Waals surface area contributed by atoms with Crippen molar-refractivity contribution in [3.05, 3.63) is 48.6 Å². The molecule has 0 saturated carbocycles. The Bertz CT molecular complexity index is 1120. The Morgan fingerprint density at radius 1 is 0.338 bits per heavy atom. The number of carbonyl (C=O) groups is 2. The minimum atomic E-state index is -0.776. The molecule has 0 aliphatic rings. The number of carbonyl (C=O) groups excluding carboxylic acids is 2. The molecule has 0 radical (unpaired) electrons. The quantitative estimate of drug-likeness (QED) is 0.0374. The van der Waals surface area contributed by atoms with E-state index in [1.165, 1.54) is 244 Å². The number of allylic oxidation sites excluding steroid dienone is 8. The van der Waals surface area contributed by atoms with E-state index in [1.54, 1.807) is 0 Å². The topological polar surface area (TPSA) is 72.8 Å². The Kier molecular flexibility index (Phi) is 57.3. The molecule has 0 aliphatic carbocycles. The van der Waals surface area contributed by atoms with Crippen LogP contribution >= 0.6 is 0 Å². The Balaban J connectivity index is 3.44. The predicted octanol–water partition coefficient (Wildman–Crippen LogP) is 20.4. The summed E-state index contributed by atoms with van der Waals surface area (Å²) in [5.74, 6) is -0.585. The second-order valence-electron chi connectivity index (χ2n) is 20.4. The maximum atomic E-state index is 12.3. The predicted molar refractivity (Wildman–Crippen MR) is 297 cm³/mol. The molecule has 0 heterocycles. The Morgan fingerprint density at radius 2 is 0.588 bits per heavy atom. The summed E-state index contributed by atoms with van der Waals surface area (Å²) >= 11 is 0. The third-order valence-electron chi connectivity index (χ3n) is 13.6. The third kappa shape index (κ3) is 56.4. The maximum Gasteiger partial charge on any atom is 0.306 e. The molecule has 0 spiro atoms. The van der Waals surface area contributed by atoms with Crippen LogP contribution in [0.5, 0.6) is 0 Å². The number of aliphatic hydroxyl groups is 1. The number of rotatable bonds is 56. The van der Waals surface area contributed by atoms with E-state index < -0.39 is 6.10 Å². The van der Waals surface area contributed by atoms with E-state index in [0.717, 1.165) is 51.4 Å². The lowest BCUT2D eigenvalue weighted by Crippen LogP contribution is -2.28. The summed E-state index contributed by atoms with van der Waals surface area (Å²) in [4.78, 5) is 24.5. The molecule has 5 nitrogen and oxygen atoms in total. The van der Waals surface area contributed by atoms with Crippen LogP contribution in [-0.4, -0.2) is 36.4 Å². The highest BCUT2D eigenvalue weighted by Crippen LogP contribution is 2.17. The van der Waals surface area contributed by atoms with E-state index in [2.05, 4.69) is 62.5 Å². The fourth-order valence-electron chi connectivity index (χ4n) is 9.03. The summed E-state index contributed by atoms with van der Waals surface area (Å²) < 4.78 is 10.7. The van der Waals surface area contributed by atoms with E-state index >= 15 is 0 Å². The van der Waals surface area contributed by atoms with Crippen LogP contribution in [-0.2, 0) is 19.1 Å². The highest BCUT2D eigenvalue weighted by Gasteiger charge is 2.16. The number of hydrogen-bond donors (Lipinski definition) is 1. The number of unbranched alkanes of at least 4 members (excludes halogenated alkanes) is 40. The molecule has 0 saturated heterocycles. The van der Waals surface area contributed by atoms with Gasteiger partial charge in [0, 0.05) is 12.8 Å². The van der Waals surface area contributed by atoms with Crippen LogP contribution in [0.15, 0.2) is 48.6 Å². The average Bonchev–Trinajstić information content (AvgIpc) is 3.34. The normalized spacial score (nSPS) is 12.5. The number of aliphatic hydroxyl groups excluding tert-OH is 1. The van der Waals surface area contributed by atoms with E-state index in [1.807, 2.05) is 0 Å². The van der Waals surface area contributed by atoms with Gasteiger partial charge in [-0.3, -0.25) is 9.59 Å². The SMILES string of the molecule is CCCCCCC/C=C\C/C=C\C/C=C\CCCCCCCCCCC(=O)OC(CO)COC(=O)CCCCCCCCCCCCCCCCCCCCC/C=C\CCCCCCCCCC. The molecule has 0 aromatic rings. The van der Waals surface area contributed by atoms with Crippen LogP contribution in [0, 0.1) is 0 Å². The molecule has 0 bridgehead atoms. The Morgan fingerprint density at radius 3 is 0.897 bits per heavy atom. The van der Waals surface area contributed by atoms with Crippen LogP contribution in [0.25, 0.3) is 0 Å². The van der Waals surface area contributed by atoms with Gasteiger partial charge >= 0.3 is 11.9 Å². The summed E-state index contributed by atoms with van der Waals surface area (Å²) in [7, 11) is 0. The Labute approximate surface area is 424 Å². The van der Waals surface area contributed by atoms with Crippen molar-refractivity contribution in [2.45, 2.75) is 328 Å². The van der Waals surface area contributed by atoms with Crippen molar-refractivity contribution < 1.29 is 24.2 Å². The summed E-state index contributed by atoms with van der Waals surface area (Å²) in [6, 6.07) is 0. The van der Waals surface area contributed by atoms with Gasteiger partial charge in [-0.05, 0) is 77.0 Å². The third-order valence-corrected chi connectivity index (χ3v) is 13.6. The van der Waals surface area contributed by atoms with Crippen LogP contribution < -0.4 is 0 Å². The highest BCUT2D eigenvalue weighted by molar-refractivity contribution is 5.70. The molecule has 0 fully saturated rings. The minimum Gasteiger partial charge on any atom is -0.462 e. The summed E-state index contributed by atoms with van der Waals surface area (Å²) in [6.07, 6.45) is 78.2. The smallest absolute Gasteiger partial charge is 0.306 e. The van der Waals surface area contributed by atoms with Gasteiger partial charge in [0.25, 0.3) is 0 Å². The first-order valence-corrected chi connectivity index (χ1v) is 30.2. The largest absolute Gasteiger partial charge is 0.462 e. The monoisotopic (exact) mass is 953 g/mol. The van der Waals surface area contributed by atoms with Crippen molar-refractivity contribution in [3.8, 4) is 0 Å². The first-order valence-electron chi connectivity index (χ1n) is 30.2. The molecule has 0 aromatic carbocycles. The molecule has 0 amide bonds. The van der Waals surface area contributed by atoms with Crippen molar-refractivity contribution in [1.82, 2.24) is 0 Å².